The molecule has 0 atom stereocenters. The maximum atomic E-state index is 13.1. The van der Waals surface area contributed by atoms with E-state index >= 15 is 0 Å². The molecule has 0 aliphatic rings. The van der Waals surface area contributed by atoms with Crippen molar-refractivity contribution in [2.75, 3.05) is 24.6 Å². The summed E-state index contributed by atoms with van der Waals surface area (Å²) in [6, 6.07) is 0. The number of thioether (sulfide) groups is 1. The van der Waals surface area contributed by atoms with Crippen LogP contribution in [0.3, 0.4) is 0 Å². The second-order valence-electron chi connectivity index (χ2n) is 14.2. The predicted molar refractivity (Wildman–Crippen MR) is 212 cm³/mol. The lowest BCUT2D eigenvalue weighted by Gasteiger charge is -2.22. The molecule has 0 aliphatic heterocycles. The Hall–Kier alpha value is -1.56. The van der Waals surface area contributed by atoms with E-state index in [4.69, 9.17) is 0 Å². The van der Waals surface area contributed by atoms with E-state index in [0.717, 1.165) is 37.9 Å². The van der Waals surface area contributed by atoms with Crippen LogP contribution in [0.15, 0.2) is 24.4 Å². The molecule has 0 spiro atoms. The van der Waals surface area contributed by atoms with Gasteiger partial charge in [0.1, 0.15) is 0 Å². The van der Waals surface area contributed by atoms with Crippen molar-refractivity contribution in [2.45, 2.75) is 195 Å². The maximum absolute atomic E-state index is 13.1. The minimum atomic E-state index is -0.0632. The molecule has 0 bridgehead atoms. The van der Waals surface area contributed by atoms with Gasteiger partial charge in [0.25, 0.3) is 0 Å². The molecular weight excluding hydrogens is 613 g/mol. The van der Waals surface area contributed by atoms with Crippen LogP contribution in [0.25, 0.3) is 0 Å². The molecule has 0 aliphatic carbocycles. The standard InChI is InChI=1S/C42H78N2O3S/c1-5-7-9-11-13-15-17-18-20-22-24-26-31-40(45)32-28-35-44(42(47)38-48-37-29-30-39(3)4)36-33-41(46)43-34-27-25-23-21-19-16-14-12-10-8-6-2/h26-27,31,34,39H,5-25,28-30,32-33,35-38H2,1-4H3,(H,43,46)/b31-26+,34-27?. The predicted octanol–water partition coefficient (Wildman–Crippen LogP) is 12.1. The van der Waals surface area contributed by atoms with Gasteiger partial charge in [0.2, 0.25) is 11.8 Å². The third-order valence-electron chi connectivity index (χ3n) is 8.97. The van der Waals surface area contributed by atoms with E-state index in [1.165, 1.54) is 116 Å². The van der Waals surface area contributed by atoms with Gasteiger partial charge in [0, 0.05) is 25.9 Å². The summed E-state index contributed by atoms with van der Waals surface area (Å²) in [5.74, 6) is 2.23. The summed E-state index contributed by atoms with van der Waals surface area (Å²) < 4.78 is 0. The normalized spacial score (nSPS) is 11.7. The number of nitrogens with one attached hydrogen (secondary N) is 1. The van der Waals surface area contributed by atoms with Crippen LogP contribution in [-0.4, -0.2) is 47.1 Å². The highest BCUT2D eigenvalue weighted by Crippen LogP contribution is 2.14. The molecule has 2 amide bonds. The van der Waals surface area contributed by atoms with Crippen LogP contribution in [-0.2, 0) is 14.4 Å². The van der Waals surface area contributed by atoms with Crippen molar-refractivity contribution < 1.29 is 14.4 Å². The summed E-state index contributed by atoms with van der Waals surface area (Å²) in [6.45, 7) is 9.89. The van der Waals surface area contributed by atoms with Crippen molar-refractivity contribution in [3.8, 4) is 0 Å². The summed E-state index contributed by atoms with van der Waals surface area (Å²) in [5, 5.41) is 2.88. The minimum Gasteiger partial charge on any atom is -0.341 e. The van der Waals surface area contributed by atoms with E-state index in [9.17, 15) is 14.4 Å². The molecule has 1 N–H and O–H groups in total. The number of rotatable bonds is 36. The summed E-state index contributed by atoms with van der Waals surface area (Å²) in [7, 11) is 0. The van der Waals surface area contributed by atoms with Crippen molar-refractivity contribution in [1.29, 1.82) is 0 Å². The number of unbranched alkanes of at least 4 members (excludes halogenated alkanes) is 19. The molecule has 0 aromatic heterocycles. The zero-order valence-electron chi connectivity index (χ0n) is 32.2. The fourth-order valence-electron chi connectivity index (χ4n) is 5.81. The molecule has 6 heteroatoms. The van der Waals surface area contributed by atoms with Gasteiger partial charge in [-0.05, 0) is 62.5 Å². The van der Waals surface area contributed by atoms with Gasteiger partial charge in [-0.3, -0.25) is 14.4 Å². The first-order valence-electron chi connectivity index (χ1n) is 20.4. The van der Waals surface area contributed by atoms with E-state index in [0.29, 0.717) is 37.6 Å². The van der Waals surface area contributed by atoms with Crippen LogP contribution in [0, 0.1) is 5.92 Å². The Kier molecular flexibility index (Phi) is 35.5. The number of amides is 2. The maximum Gasteiger partial charge on any atom is 0.232 e. The lowest BCUT2D eigenvalue weighted by Crippen LogP contribution is -2.36. The van der Waals surface area contributed by atoms with Gasteiger partial charge in [0.05, 0.1) is 5.75 Å². The molecule has 0 radical (unpaired) electrons. The van der Waals surface area contributed by atoms with Crippen LogP contribution < -0.4 is 5.32 Å². The topological polar surface area (TPSA) is 66.5 Å². The number of allylic oxidation sites excluding steroid dienone is 3. The first-order valence-corrected chi connectivity index (χ1v) is 21.5. The van der Waals surface area contributed by atoms with Crippen molar-refractivity contribution in [3.63, 3.8) is 0 Å². The SMILES string of the molecule is CCCCCCCCCCCC=CNC(=O)CCN(CCCC(=O)/C=C/CCCCCCCCCCCC)C(=O)CSCCCC(C)C. The highest BCUT2D eigenvalue weighted by Gasteiger charge is 2.15. The van der Waals surface area contributed by atoms with Gasteiger partial charge in [-0.15, -0.1) is 0 Å². The Morgan fingerprint density at radius 2 is 1.15 bits per heavy atom. The van der Waals surface area contributed by atoms with Crippen LogP contribution >= 0.6 is 11.8 Å². The molecular formula is C42H78N2O3S. The molecule has 0 heterocycles. The smallest absolute Gasteiger partial charge is 0.232 e. The molecule has 5 nitrogen and oxygen atoms in total. The van der Waals surface area contributed by atoms with Gasteiger partial charge in [-0.25, -0.2) is 0 Å². The first kappa shape index (κ1) is 46.4. The van der Waals surface area contributed by atoms with Crippen molar-refractivity contribution in [3.05, 3.63) is 24.4 Å². The second-order valence-corrected chi connectivity index (χ2v) is 15.4. The number of nitrogens with zero attached hydrogens (tertiary/aromatic N) is 1. The lowest BCUT2D eigenvalue weighted by atomic mass is 10.1. The van der Waals surface area contributed by atoms with Crippen LogP contribution in [0.4, 0.5) is 0 Å². The van der Waals surface area contributed by atoms with Gasteiger partial charge < -0.3 is 10.2 Å². The summed E-state index contributed by atoms with van der Waals surface area (Å²) in [4.78, 5) is 39.8. The summed E-state index contributed by atoms with van der Waals surface area (Å²) in [5.41, 5.74) is 0. The van der Waals surface area contributed by atoms with E-state index in [1.54, 1.807) is 28.9 Å². The van der Waals surface area contributed by atoms with Crippen molar-refractivity contribution in [2.24, 2.45) is 5.92 Å². The van der Waals surface area contributed by atoms with E-state index in [2.05, 4.69) is 33.0 Å². The molecule has 0 saturated heterocycles. The van der Waals surface area contributed by atoms with Gasteiger partial charge in [0.15, 0.2) is 5.78 Å². The zero-order chi connectivity index (χ0) is 35.3. The average Bonchev–Trinajstić information content (AvgIpc) is 3.06. The third kappa shape index (κ3) is 34.3. The molecule has 280 valence electrons. The largest absolute Gasteiger partial charge is 0.341 e. The van der Waals surface area contributed by atoms with Crippen LogP contribution in [0.5, 0.6) is 0 Å². The fourth-order valence-corrected chi connectivity index (χ4v) is 6.69. The molecule has 0 fully saturated rings. The van der Waals surface area contributed by atoms with Crippen LogP contribution in [0.2, 0.25) is 0 Å². The average molecular weight is 691 g/mol. The number of carbonyl (C=O) groups excluding carboxylic acids is 3. The monoisotopic (exact) mass is 691 g/mol. The fraction of sp³-hybridized carbons (Fsp3) is 0.833. The highest BCUT2D eigenvalue weighted by molar-refractivity contribution is 7.99. The van der Waals surface area contributed by atoms with Gasteiger partial charge in [-0.1, -0.05) is 155 Å². The number of hydrogen-bond acceptors (Lipinski definition) is 4. The first-order chi connectivity index (χ1) is 23.4. The molecule has 0 saturated carbocycles. The number of hydrogen-bond donors (Lipinski definition) is 1. The quantitative estimate of drug-likeness (QED) is 0.0525. The number of carbonyl (C=O) groups is 3. The molecule has 0 aromatic rings. The molecule has 0 aromatic carbocycles. The van der Waals surface area contributed by atoms with E-state index in [-0.39, 0.29) is 24.0 Å². The van der Waals surface area contributed by atoms with Crippen molar-refractivity contribution >= 4 is 29.4 Å². The Morgan fingerprint density at radius 1 is 0.625 bits per heavy atom. The van der Waals surface area contributed by atoms with Crippen LogP contribution in [0.1, 0.15) is 195 Å². The van der Waals surface area contributed by atoms with Crippen molar-refractivity contribution in [1.82, 2.24) is 10.2 Å². The van der Waals surface area contributed by atoms with Gasteiger partial charge in [-0.2, -0.15) is 11.8 Å². The number of ketones is 1. The summed E-state index contributed by atoms with van der Waals surface area (Å²) in [6.07, 6.45) is 38.1. The minimum absolute atomic E-state index is 0.0632. The highest BCUT2D eigenvalue weighted by atomic mass is 32.2. The molecule has 48 heavy (non-hydrogen) atoms. The summed E-state index contributed by atoms with van der Waals surface area (Å²) >= 11 is 1.68. The Bertz CT molecular complexity index is 811. The third-order valence-corrected chi connectivity index (χ3v) is 10.0. The van der Waals surface area contributed by atoms with Gasteiger partial charge >= 0.3 is 0 Å². The zero-order valence-corrected chi connectivity index (χ0v) is 33.0. The molecule has 0 rings (SSSR count). The Labute approximate surface area is 302 Å². The molecule has 0 unspecified atom stereocenters. The van der Waals surface area contributed by atoms with E-state index in [1.807, 2.05) is 12.2 Å². The lowest BCUT2D eigenvalue weighted by molar-refractivity contribution is -0.129. The second kappa shape index (κ2) is 36.7. The Morgan fingerprint density at radius 3 is 1.69 bits per heavy atom. The Balaban J connectivity index is 4.34. The van der Waals surface area contributed by atoms with E-state index < -0.39 is 0 Å².